The maximum absolute atomic E-state index is 10.3. The average Bonchev–Trinajstić information content (AvgIpc) is 2.52. The summed E-state index contributed by atoms with van der Waals surface area (Å²) in [5, 5.41) is 13.5. The molecule has 0 aromatic heterocycles. The fourth-order valence-corrected chi connectivity index (χ4v) is 2.41. The molecule has 1 aliphatic rings. The summed E-state index contributed by atoms with van der Waals surface area (Å²) in [5.41, 5.74) is 2.89. The van der Waals surface area contributed by atoms with Crippen LogP contribution in [0.2, 0.25) is 0 Å². The van der Waals surface area contributed by atoms with E-state index in [4.69, 9.17) is 9.47 Å². The zero-order valence-electron chi connectivity index (χ0n) is 12.0. The highest BCUT2D eigenvalue weighted by Crippen LogP contribution is 2.37. The molecule has 110 valence electrons. The van der Waals surface area contributed by atoms with Crippen molar-refractivity contribution in [2.75, 3.05) is 25.1 Å². The van der Waals surface area contributed by atoms with Crippen molar-refractivity contribution >= 4 is 5.69 Å². The van der Waals surface area contributed by atoms with Gasteiger partial charge in [0.25, 0.3) is 0 Å². The molecule has 2 aromatic carbocycles. The summed E-state index contributed by atoms with van der Waals surface area (Å²) in [4.78, 5) is 0. The Kier molecular flexibility index (Phi) is 3.97. The number of aliphatic hydroxyl groups is 1. The second-order valence-electron chi connectivity index (χ2n) is 5.14. The summed E-state index contributed by atoms with van der Waals surface area (Å²) in [7, 11) is 0. The van der Waals surface area contributed by atoms with Crippen molar-refractivity contribution in [3.05, 3.63) is 53.6 Å². The molecule has 2 N–H and O–H groups in total. The van der Waals surface area contributed by atoms with Gasteiger partial charge < -0.3 is 19.9 Å². The highest BCUT2D eigenvalue weighted by molar-refractivity contribution is 5.63. The number of hydrogen-bond donors (Lipinski definition) is 2. The van der Waals surface area contributed by atoms with E-state index < -0.39 is 6.10 Å². The Morgan fingerprint density at radius 2 is 1.95 bits per heavy atom. The van der Waals surface area contributed by atoms with Gasteiger partial charge in [0.1, 0.15) is 13.2 Å². The summed E-state index contributed by atoms with van der Waals surface area (Å²) >= 11 is 0. The van der Waals surface area contributed by atoms with Crippen LogP contribution in [-0.2, 0) is 0 Å². The van der Waals surface area contributed by atoms with E-state index in [9.17, 15) is 5.11 Å². The molecule has 0 spiro atoms. The average molecular weight is 285 g/mol. The summed E-state index contributed by atoms with van der Waals surface area (Å²) in [6.45, 7) is 3.56. The second-order valence-corrected chi connectivity index (χ2v) is 5.14. The van der Waals surface area contributed by atoms with Gasteiger partial charge in [-0.3, -0.25) is 0 Å². The second kappa shape index (κ2) is 6.06. The van der Waals surface area contributed by atoms with Crippen molar-refractivity contribution < 1.29 is 14.6 Å². The largest absolute Gasteiger partial charge is 0.486 e. The quantitative estimate of drug-likeness (QED) is 0.907. The van der Waals surface area contributed by atoms with Gasteiger partial charge in [0.05, 0.1) is 11.8 Å². The lowest BCUT2D eigenvalue weighted by molar-refractivity contribution is 0.171. The van der Waals surface area contributed by atoms with Gasteiger partial charge in [0.2, 0.25) is 0 Å². The number of benzene rings is 2. The Bertz CT molecular complexity index is 627. The molecule has 0 radical (unpaired) electrons. The van der Waals surface area contributed by atoms with E-state index in [1.165, 1.54) is 0 Å². The molecule has 0 amide bonds. The SMILES string of the molecule is Cc1cccc(C(O)CNc2cccc3c2OCCO3)c1. The first-order valence-electron chi connectivity index (χ1n) is 7.11. The third-order valence-corrected chi connectivity index (χ3v) is 3.48. The van der Waals surface area contributed by atoms with Crippen LogP contribution < -0.4 is 14.8 Å². The van der Waals surface area contributed by atoms with Gasteiger partial charge in [0, 0.05) is 6.54 Å². The number of ether oxygens (including phenoxy) is 2. The Morgan fingerprint density at radius 3 is 2.81 bits per heavy atom. The Hall–Kier alpha value is -2.20. The van der Waals surface area contributed by atoms with Crippen LogP contribution in [0.25, 0.3) is 0 Å². The fraction of sp³-hybridized carbons (Fsp3) is 0.294. The van der Waals surface area contributed by atoms with Crippen molar-refractivity contribution in [1.82, 2.24) is 0 Å². The molecule has 21 heavy (non-hydrogen) atoms. The molecule has 1 aliphatic heterocycles. The predicted molar refractivity (Wildman–Crippen MR) is 82.1 cm³/mol. The van der Waals surface area contributed by atoms with E-state index in [0.717, 1.165) is 28.3 Å². The van der Waals surface area contributed by atoms with Crippen LogP contribution in [0.5, 0.6) is 11.5 Å². The summed E-state index contributed by atoms with van der Waals surface area (Å²) in [6, 6.07) is 13.6. The number of aliphatic hydroxyl groups excluding tert-OH is 1. The van der Waals surface area contributed by atoms with Crippen LogP contribution in [0, 0.1) is 6.92 Å². The first kappa shape index (κ1) is 13.8. The summed E-state index contributed by atoms with van der Waals surface area (Å²) < 4.78 is 11.2. The van der Waals surface area contributed by atoms with Gasteiger partial charge in [0.15, 0.2) is 11.5 Å². The molecule has 0 aliphatic carbocycles. The van der Waals surface area contributed by atoms with Crippen molar-refractivity contribution in [3.63, 3.8) is 0 Å². The van der Waals surface area contributed by atoms with Crippen LogP contribution in [0.1, 0.15) is 17.2 Å². The van der Waals surface area contributed by atoms with E-state index >= 15 is 0 Å². The van der Waals surface area contributed by atoms with E-state index in [1.54, 1.807) is 0 Å². The molecule has 1 atom stereocenters. The van der Waals surface area contributed by atoms with Crippen LogP contribution in [0.3, 0.4) is 0 Å². The lowest BCUT2D eigenvalue weighted by atomic mass is 10.1. The van der Waals surface area contributed by atoms with E-state index in [0.29, 0.717) is 19.8 Å². The molecule has 0 bridgehead atoms. The lowest BCUT2D eigenvalue weighted by Gasteiger charge is -2.22. The van der Waals surface area contributed by atoms with Crippen LogP contribution in [0.4, 0.5) is 5.69 Å². The maximum atomic E-state index is 10.3. The lowest BCUT2D eigenvalue weighted by Crippen LogP contribution is -2.18. The zero-order chi connectivity index (χ0) is 14.7. The number of nitrogens with one attached hydrogen (secondary N) is 1. The van der Waals surface area contributed by atoms with Crippen LogP contribution in [0.15, 0.2) is 42.5 Å². The Balaban J connectivity index is 1.70. The number of para-hydroxylation sites is 1. The van der Waals surface area contributed by atoms with Crippen molar-refractivity contribution in [3.8, 4) is 11.5 Å². The van der Waals surface area contributed by atoms with Gasteiger partial charge in [-0.25, -0.2) is 0 Å². The number of fused-ring (bicyclic) bond motifs is 1. The highest BCUT2D eigenvalue weighted by atomic mass is 16.6. The number of rotatable bonds is 4. The van der Waals surface area contributed by atoms with E-state index in [-0.39, 0.29) is 0 Å². The molecule has 4 nitrogen and oxygen atoms in total. The van der Waals surface area contributed by atoms with E-state index in [1.807, 2.05) is 49.4 Å². The van der Waals surface area contributed by atoms with Gasteiger partial charge >= 0.3 is 0 Å². The number of aryl methyl sites for hydroxylation is 1. The van der Waals surface area contributed by atoms with Crippen molar-refractivity contribution in [2.24, 2.45) is 0 Å². The summed E-state index contributed by atoms with van der Waals surface area (Å²) in [5.74, 6) is 1.47. The minimum atomic E-state index is -0.565. The Labute approximate surface area is 124 Å². The monoisotopic (exact) mass is 285 g/mol. The molecule has 0 saturated heterocycles. The zero-order valence-corrected chi connectivity index (χ0v) is 12.0. The number of hydrogen-bond acceptors (Lipinski definition) is 4. The molecule has 1 unspecified atom stereocenters. The molecular formula is C17H19NO3. The molecular weight excluding hydrogens is 266 g/mol. The molecule has 1 heterocycles. The van der Waals surface area contributed by atoms with Crippen LogP contribution in [-0.4, -0.2) is 24.9 Å². The fourth-order valence-electron chi connectivity index (χ4n) is 2.41. The smallest absolute Gasteiger partial charge is 0.184 e. The molecule has 0 fully saturated rings. The maximum Gasteiger partial charge on any atom is 0.184 e. The van der Waals surface area contributed by atoms with Crippen LogP contribution >= 0.6 is 0 Å². The Morgan fingerprint density at radius 1 is 1.14 bits per heavy atom. The van der Waals surface area contributed by atoms with Gasteiger partial charge in [-0.2, -0.15) is 0 Å². The third-order valence-electron chi connectivity index (χ3n) is 3.48. The molecule has 0 saturated carbocycles. The minimum Gasteiger partial charge on any atom is -0.486 e. The normalized spacial score (nSPS) is 14.6. The van der Waals surface area contributed by atoms with Crippen molar-refractivity contribution in [2.45, 2.75) is 13.0 Å². The topological polar surface area (TPSA) is 50.7 Å². The van der Waals surface area contributed by atoms with Gasteiger partial charge in [-0.15, -0.1) is 0 Å². The van der Waals surface area contributed by atoms with E-state index in [2.05, 4.69) is 5.32 Å². The predicted octanol–water partition coefficient (Wildman–Crippen LogP) is 2.91. The third kappa shape index (κ3) is 3.11. The molecule has 3 rings (SSSR count). The standard InChI is InChI=1S/C17H19NO3/c1-12-4-2-5-13(10-12)15(19)11-18-14-6-3-7-16-17(14)21-9-8-20-16/h2-7,10,15,18-19H,8-9,11H2,1H3. The first-order valence-corrected chi connectivity index (χ1v) is 7.11. The highest BCUT2D eigenvalue weighted by Gasteiger charge is 2.16. The molecule has 2 aromatic rings. The molecule has 4 heteroatoms. The summed E-state index contributed by atoms with van der Waals surface area (Å²) in [6.07, 6.45) is -0.565. The minimum absolute atomic E-state index is 0.420. The van der Waals surface area contributed by atoms with Crippen molar-refractivity contribution in [1.29, 1.82) is 0 Å². The number of anilines is 1. The van der Waals surface area contributed by atoms with Gasteiger partial charge in [-0.05, 0) is 24.6 Å². The van der Waals surface area contributed by atoms with Gasteiger partial charge in [-0.1, -0.05) is 35.9 Å². The first-order chi connectivity index (χ1) is 10.2.